The van der Waals surface area contributed by atoms with Crippen LogP contribution in [0.15, 0.2) is 73.1 Å². The largest absolute Gasteiger partial charge is 0.445 e. The summed E-state index contributed by atoms with van der Waals surface area (Å²) in [6.45, 7) is 0.965. The summed E-state index contributed by atoms with van der Waals surface area (Å²) in [4.78, 5) is 16.6. The number of hydrogen-bond donors (Lipinski definition) is 2. The summed E-state index contributed by atoms with van der Waals surface area (Å²) in [5.74, 6) is 1.17. The van der Waals surface area contributed by atoms with Crippen LogP contribution in [0.25, 0.3) is 11.4 Å². The standard InChI is InChI=1S/C23H25N3O3/c27-21-14-18(15-26-12-11-24-22(26)19-9-5-2-6-10-19)13-20(21)25-23(28)29-16-17-7-3-1-4-8-17/h1-12,18,20-21,27H,13-16H2,(H,25,28)/t18?,20-,21-/m1/s1. The second-order valence-corrected chi connectivity index (χ2v) is 7.49. The van der Waals surface area contributed by atoms with Crippen molar-refractivity contribution >= 4 is 6.09 Å². The molecule has 0 aliphatic heterocycles. The molecule has 1 aromatic heterocycles. The fourth-order valence-corrected chi connectivity index (χ4v) is 3.92. The maximum absolute atomic E-state index is 12.1. The first-order valence-electron chi connectivity index (χ1n) is 9.91. The Kier molecular flexibility index (Phi) is 5.91. The Morgan fingerprint density at radius 3 is 2.59 bits per heavy atom. The summed E-state index contributed by atoms with van der Waals surface area (Å²) >= 11 is 0. The predicted molar refractivity (Wildman–Crippen MR) is 110 cm³/mol. The molecule has 1 heterocycles. The van der Waals surface area contributed by atoms with Crippen molar-refractivity contribution in [2.24, 2.45) is 5.92 Å². The molecule has 0 saturated heterocycles. The molecule has 29 heavy (non-hydrogen) atoms. The highest BCUT2D eigenvalue weighted by atomic mass is 16.5. The lowest BCUT2D eigenvalue weighted by Crippen LogP contribution is -2.40. The second-order valence-electron chi connectivity index (χ2n) is 7.49. The van der Waals surface area contributed by atoms with E-state index < -0.39 is 12.2 Å². The van der Waals surface area contributed by atoms with E-state index in [-0.39, 0.29) is 18.6 Å². The van der Waals surface area contributed by atoms with Gasteiger partial charge in [0.2, 0.25) is 0 Å². The molecular weight excluding hydrogens is 366 g/mol. The van der Waals surface area contributed by atoms with Crippen LogP contribution in [0.2, 0.25) is 0 Å². The molecule has 3 atom stereocenters. The fraction of sp³-hybridized carbons (Fsp3) is 0.304. The number of alkyl carbamates (subject to hydrolysis) is 1. The van der Waals surface area contributed by atoms with Crippen molar-refractivity contribution in [3.8, 4) is 11.4 Å². The van der Waals surface area contributed by atoms with Gasteiger partial charge in [-0.2, -0.15) is 0 Å². The minimum absolute atomic E-state index is 0.217. The lowest BCUT2D eigenvalue weighted by molar-refractivity contribution is 0.113. The number of carbonyl (C=O) groups excluding carboxylic acids is 1. The molecule has 1 aliphatic rings. The maximum Gasteiger partial charge on any atom is 0.407 e. The van der Waals surface area contributed by atoms with Crippen LogP contribution in [-0.2, 0) is 17.9 Å². The van der Waals surface area contributed by atoms with Gasteiger partial charge >= 0.3 is 6.09 Å². The van der Waals surface area contributed by atoms with Crippen molar-refractivity contribution in [3.63, 3.8) is 0 Å². The van der Waals surface area contributed by atoms with Gasteiger partial charge in [0.25, 0.3) is 0 Å². The number of imidazole rings is 1. The van der Waals surface area contributed by atoms with E-state index in [2.05, 4.69) is 14.9 Å². The van der Waals surface area contributed by atoms with E-state index in [1.54, 1.807) is 6.20 Å². The lowest BCUT2D eigenvalue weighted by atomic mass is 10.1. The molecule has 1 saturated carbocycles. The van der Waals surface area contributed by atoms with Crippen LogP contribution in [0, 0.1) is 5.92 Å². The number of hydrogen-bond acceptors (Lipinski definition) is 4. The Labute approximate surface area is 170 Å². The van der Waals surface area contributed by atoms with E-state index in [1.165, 1.54) is 0 Å². The van der Waals surface area contributed by atoms with Gasteiger partial charge in [-0.15, -0.1) is 0 Å². The van der Waals surface area contributed by atoms with Crippen molar-refractivity contribution < 1.29 is 14.6 Å². The molecule has 2 N–H and O–H groups in total. The molecule has 0 bridgehead atoms. The molecule has 2 aromatic carbocycles. The Morgan fingerprint density at radius 2 is 1.83 bits per heavy atom. The SMILES string of the molecule is O=C(N[C@@H]1CC(Cn2ccnc2-c2ccccc2)C[C@H]1O)OCc1ccccc1. The maximum atomic E-state index is 12.1. The first kappa shape index (κ1) is 19.2. The summed E-state index contributed by atoms with van der Waals surface area (Å²) in [6.07, 6.45) is 4.03. The fourth-order valence-electron chi connectivity index (χ4n) is 3.92. The molecule has 0 spiro atoms. The molecule has 1 fully saturated rings. The van der Waals surface area contributed by atoms with Gasteiger partial charge in [0.1, 0.15) is 12.4 Å². The van der Waals surface area contributed by atoms with E-state index in [9.17, 15) is 9.90 Å². The number of carbonyl (C=O) groups is 1. The van der Waals surface area contributed by atoms with Gasteiger partial charge in [0.15, 0.2) is 0 Å². The van der Waals surface area contributed by atoms with Crippen LogP contribution in [-0.4, -0.2) is 32.9 Å². The smallest absolute Gasteiger partial charge is 0.407 e. The zero-order valence-electron chi connectivity index (χ0n) is 16.1. The van der Waals surface area contributed by atoms with Gasteiger partial charge in [-0.05, 0) is 24.3 Å². The Balaban J connectivity index is 1.31. The third kappa shape index (κ3) is 4.84. The van der Waals surface area contributed by atoms with E-state index in [0.29, 0.717) is 12.8 Å². The molecular formula is C23H25N3O3. The summed E-state index contributed by atoms with van der Waals surface area (Å²) in [5.41, 5.74) is 2.00. The summed E-state index contributed by atoms with van der Waals surface area (Å²) < 4.78 is 7.39. The molecule has 1 amide bonds. The zero-order chi connectivity index (χ0) is 20.1. The molecule has 6 nitrogen and oxygen atoms in total. The predicted octanol–water partition coefficient (Wildman–Crippen LogP) is 3.62. The highest BCUT2D eigenvalue weighted by molar-refractivity contribution is 5.67. The molecule has 6 heteroatoms. The minimum atomic E-state index is -0.576. The van der Waals surface area contributed by atoms with Crippen LogP contribution >= 0.6 is 0 Å². The second kappa shape index (κ2) is 8.92. The number of nitrogens with zero attached hydrogens (tertiary/aromatic N) is 2. The lowest BCUT2D eigenvalue weighted by Gasteiger charge is -2.16. The molecule has 150 valence electrons. The van der Waals surface area contributed by atoms with Gasteiger partial charge in [0.05, 0.1) is 12.1 Å². The number of aliphatic hydroxyl groups is 1. The first-order valence-corrected chi connectivity index (χ1v) is 9.91. The van der Waals surface area contributed by atoms with Gasteiger partial charge < -0.3 is 19.7 Å². The third-order valence-electron chi connectivity index (χ3n) is 5.34. The first-order chi connectivity index (χ1) is 14.2. The van der Waals surface area contributed by atoms with Crippen LogP contribution in [0.3, 0.4) is 0 Å². The Morgan fingerprint density at radius 1 is 1.10 bits per heavy atom. The van der Waals surface area contributed by atoms with Gasteiger partial charge in [0, 0.05) is 24.5 Å². The Hall–Kier alpha value is -3.12. The third-order valence-corrected chi connectivity index (χ3v) is 5.34. The van der Waals surface area contributed by atoms with Gasteiger partial charge in [-0.3, -0.25) is 0 Å². The van der Waals surface area contributed by atoms with Crippen molar-refractivity contribution in [1.29, 1.82) is 0 Å². The van der Waals surface area contributed by atoms with Crippen LogP contribution in [0.4, 0.5) is 4.79 Å². The van der Waals surface area contributed by atoms with Gasteiger partial charge in [-0.25, -0.2) is 9.78 Å². The van der Waals surface area contributed by atoms with Crippen LogP contribution in [0.5, 0.6) is 0 Å². The molecule has 3 aromatic rings. The van der Waals surface area contributed by atoms with Crippen molar-refractivity contribution in [2.45, 2.75) is 38.1 Å². The van der Waals surface area contributed by atoms with Gasteiger partial charge in [-0.1, -0.05) is 60.7 Å². The van der Waals surface area contributed by atoms with E-state index in [4.69, 9.17) is 4.74 Å². The van der Waals surface area contributed by atoms with E-state index in [0.717, 1.165) is 23.5 Å². The summed E-state index contributed by atoms with van der Waals surface area (Å²) in [7, 11) is 0. The summed E-state index contributed by atoms with van der Waals surface area (Å²) in [6, 6.07) is 19.3. The number of aliphatic hydroxyl groups excluding tert-OH is 1. The number of ether oxygens (including phenoxy) is 1. The molecule has 0 radical (unpaired) electrons. The number of aromatic nitrogens is 2. The van der Waals surface area contributed by atoms with Crippen molar-refractivity contribution in [2.75, 3.05) is 0 Å². The quantitative estimate of drug-likeness (QED) is 0.673. The highest BCUT2D eigenvalue weighted by Gasteiger charge is 2.34. The molecule has 1 aliphatic carbocycles. The summed E-state index contributed by atoms with van der Waals surface area (Å²) in [5, 5.41) is 13.2. The van der Waals surface area contributed by atoms with Crippen LogP contribution in [0.1, 0.15) is 18.4 Å². The highest BCUT2D eigenvalue weighted by Crippen LogP contribution is 2.29. The number of amides is 1. The van der Waals surface area contributed by atoms with E-state index in [1.807, 2.05) is 66.9 Å². The van der Waals surface area contributed by atoms with Crippen molar-refractivity contribution in [3.05, 3.63) is 78.6 Å². The number of nitrogens with one attached hydrogen (secondary N) is 1. The molecule has 4 rings (SSSR count). The number of benzene rings is 2. The molecule has 1 unspecified atom stereocenters. The average molecular weight is 391 g/mol. The normalized spacial score (nSPS) is 21.1. The topological polar surface area (TPSA) is 76.4 Å². The minimum Gasteiger partial charge on any atom is -0.445 e. The monoisotopic (exact) mass is 391 g/mol. The van der Waals surface area contributed by atoms with E-state index >= 15 is 0 Å². The Bertz CT molecular complexity index is 927. The van der Waals surface area contributed by atoms with Crippen LogP contribution < -0.4 is 5.32 Å². The average Bonchev–Trinajstić information content (AvgIpc) is 3.34. The zero-order valence-corrected chi connectivity index (χ0v) is 16.1. The van der Waals surface area contributed by atoms with Crippen molar-refractivity contribution in [1.82, 2.24) is 14.9 Å². The number of rotatable bonds is 6.